The molecule has 0 heterocycles. The van der Waals surface area contributed by atoms with Crippen LogP contribution in [0.5, 0.6) is 0 Å². The Kier molecular flexibility index (Phi) is 4.53. The van der Waals surface area contributed by atoms with E-state index in [1.165, 1.54) is 0 Å². The number of esters is 1. The Bertz CT molecular complexity index is 638. The van der Waals surface area contributed by atoms with Crippen molar-refractivity contribution >= 4 is 27.8 Å². The van der Waals surface area contributed by atoms with Gasteiger partial charge >= 0.3 is 5.97 Å². The molecule has 0 saturated carbocycles. The fourth-order valence-electron chi connectivity index (χ4n) is 1.61. The van der Waals surface area contributed by atoms with Crippen molar-refractivity contribution in [1.82, 2.24) is 0 Å². The van der Waals surface area contributed by atoms with Crippen molar-refractivity contribution in [3.8, 4) is 0 Å². The fourth-order valence-corrected chi connectivity index (χ4v) is 2.01. The molecule has 102 valence electrons. The Labute approximate surface area is 124 Å². The molecule has 0 aliphatic heterocycles. The van der Waals surface area contributed by atoms with Crippen molar-refractivity contribution in [3.05, 3.63) is 69.7 Å². The highest BCUT2D eigenvalue weighted by molar-refractivity contribution is 9.10. The molecule has 0 unspecified atom stereocenters. The molecule has 0 atom stereocenters. The molecule has 2 N–H and O–H groups in total. The van der Waals surface area contributed by atoms with Gasteiger partial charge in [-0.2, -0.15) is 0 Å². The topological polar surface area (TPSA) is 69.4 Å². The largest absolute Gasteiger partial charge is 0.457 e. The van der Waals surface area contributed by atoms with Gasteiger partial charge in [0.15, 0.2) is 0 Å². The fraction of sp³-hybridized carbons (Fsp3) is 0.0667. The average Bonchev–Trinajstić information content (AvgIpc) is 2.45. The predicted octanol–water partition coefficient (Wildman–Crippen LogP) is 2.91. The highest BCUT2D eigenvalue weighted by Gasteiger charge is 2.08. The zero-order valence-corrected chi connectivity index (χ0v) is 12.1. The van der Waals surface area contributed by atoms with Gasteiger partial charge in [-0.15, -0.1) is 0 Å². The highest BCUT2D eigenvalue weighted by atomic mass is 79.9. The van der Waals surface area contributed by atoms with Gasteiger partial charge in [-0.05, 0) is 35.9 Å². The molecule has 20 heavy (non-hydrogen) atoms. The average molecular weight is 334 g/mol. The van der Waals surface area contributed by atoms with Crippen molar-refractivity contribution in [3.63, 3.8) is 0 Å². The molecular formula is C15H12BrNO3. The normalized spacial score (nSPS) is 10.1. The Hall–Kier alpha value is -2.14. The summed E-state index contributed by atoms with van der Waals surface area (Å²) in [5.41, 5.74) is 6.84. The van der Waals surface area contributed by atoms with Crippen LogP contribution in [0.2, 0.25) is 0 Å². The number of rotatable bonds is 4. The number of carbonyl (C=O) groups excluding carboxylic acids is 2. The number of primary amides is 1. The van der Waals surface area contributed by atoms with Gasteiger partial charge in [-0.3, -0.25) is 4.79 Å². The van der Waals surface area contributed by atoms with Crippen LogP contribution in [0.1, 0.15) is 26.3 Å². The van der Waals surface area contributed by atoms with Crippen LogP contribution in [-0.2, 0) is 11.3 Å². The third-order valence-corrected chi connectivity index (χ3v) is 3.16. The van der Waals surface area contributed by atoms with E-state index in [1.807, 2.05) is 6.07 Å². The lowest BCUT2D eigenvalue weighted by Crippen LogP contribution is -2.11. The molecule has 1 amide bonds. The number of hydrogen-bond donors (Lipinski definition) is 1. The van der Waals surface area contributed by atoms with E-state index in [4.69, 9.17) is 10.5 Å². The second-order valence-corrected chi connectivity index (χ2v) is 5.06. The molecule has 0 aliphatic carbocycles. The summed E-state index contributed by atoms with van der Waals surface area (Å²) in [4.78, 5) is 22.8. The van der Waals surface area contributed by atoms with Crippen molar-refractivity contribution in [2.75, 3.05) is 0 Å². The van der Waals surface area contributed by atoms with E-state index in [0.717, 1.165) is 10.0 Å². The van der Waals surface area contributed by atoms with E-state index in [9.17, 15) is 9.59 Å². The summed E-state index contributed by atoms with van der Waals surface area (Å²) >= 11 is 3.30. The van der Waals surface area contributed by atoms with Crippen LogP contribution in [0.3, 0.4) is 0 Å². The minimum atomic E-state index is -0.484. The summed E-state index contributed by atoms with van der Waals surface area (Å²) in [7, 11) is 0. The van der Waals surface area contributed by atoms with Crippen molar-refractivity contribution in [2.24, 2.45) is 5.73 Å². The molecule has 0 aliphatic rings. The third kappa shape index (κ3) is 3.68. The van der Waals surface area contributed by atoms with E-state index < -0.39 is 11.9 Å². The Morgan fingerprint density at radius 2 is 1.75 bits per heavy atom. The minimum absolute atomic E-state index is 0.143. The third-order valence-electron chi connectivity index (χ3n) is 2.67. The summed E-state index contributed by atoms with van der Waals surface area (Å²) in [6.07, 6.45) is 0. The quantitative estimate of drug-likeness (QED) is 0.874. The minimum Gasteiger partial charge on any atom is -0.457 e. The molecule has 0 bridgehead atoms. The Morgan fingerprint density at radius 3 is 2.35 bits per heavy atom. The molecule has 0 aromatic heterocycles. The van der Waals surface area contributed by atoms with Crippen LogP contribution >= 0.6 is 15.9 Å². The number of nitrogens with two attached hydrogens (primary N) is 1. The molecular weight excluding hydrogens is 322 g/mol. The van der Waals surface area contributed by atoms with Crippen LogP contribution in [0.15, 0.2) is 53.0 Å². The second kappa shape index (κ2) is 6.34. The molecule has 5 heteroatoms. The maximum Gasteiger partial charge on any atom is 0.338 e. The molecule has 2 rings (SSSR count). The number of hydrogen-bond acceptors (Lipinski definition) is 3. The number of ether oxygens (including phenoxy) is 1. The summed E-state index contributed by atoms with van der Waals surface area (Å²) in [6, 6.07) is 13.6. The SMILES string of the molecule is NC(=O)c1ccc(COC(=O)c2cccc(Br)c2)cc1. The first-order valence-electron chi connectivity index (χ1n) is 5.87. The molecule has 0 fully saturated rings. The van der Waals surface area contributed by atoms with Crippen LogP contribution < -0.4 is 5.73 Å². The van der Waals surface area contributed by atoms with Gasteiger partial charge in [0.1, 0.15) is 6.61 Å². The maximum atomic E-state index is 11.8. The zero-order chi connectivity index (χ0) is 14.5. The molecule has 4 nitrogen and oxygen atoms in total. The summed E-state index contributed by atoms with van der Waals surface area (Å²) in [6.45, 7) is 0.143. The van der Waals surface area contributed by atoms with Crippen LogP contribution in [-0.4, -0.2) is 11.9 Å². The lowest BCUT2D eigenvalue weighted by atomic mass is 10.1. The molecule has 0 radical (unpaired) electrons. The molecule has 2 aromatic rings. The van der Waals surface area contributed by atoms with Crippen LogP contribution in [0.25, 0.3) is 0 Å². The summed E-state index contributed by atoms with van der Waals surface area (Å²) in [5, 5.41) is 0. The van der Waals surface area contributed by atoms with Crippen LogP contribution in [0.4, 0.5) is 0 Å². The van der Waals surface area contributed by atoms with Gasteiger partial charge < -0.3 is 10.5 Å². The lowest BCUT2D eigenvalue weighted by molar-refractivity contribution is 0.0472. The van der Waals surface area contributed by atoms with Gasteiger partial charge in [0.2, 0.25) is 5.91 Å². The van der Waals surface area contributed by atoms with Gasteiger partial charge in [0.25, 0.3) is 0 Å². The smallest absolute Gasteiger partial charge is 0.338 e. The lowest BCUT2D eigenvalue weighted by Gasteiger charge is -2.06. The predicted molar refractivity (Wildman–Crippen MR) is 78.2 cm³/mol. The first kappa shape index (κ1) is 14.3. The number of amides is 1. The van der Waals surface area contributed by atoms with Gasteiger partial charge in [0.05, 0.1) is 5.56 Å². The maximum absolute atomic E-state index is 11.8. The zero-order valence-electron chi connectivity index (χ0n) is 10.5. The molecule has 2 aromatic carbocycles. The van der Waals surface area contributed by atoms with Gasteiger partial charge in [-0.25, -0.2) is 4.79 Å². The first-order chi connectivity index (χ1) is 9.56. The Balaban J connectivity index is 1.98. The van der Waals surface area contributed by atoms with Crippen molar-refractivity contribution in [1.29, 1.82) is 0 Å². The standard InChI is InChI=1S/C15H12BrNO3/c16-13-3-1-2-12(8-13)15(19)20-9-10-4-6-11(7-5-10)14(17)18/h1-8H,9H2,(H2,17,18). The van der Waals surface area contributed by atoms with E-state index in [2.05, 4.69) is 15.9 Å². The monoisotopic (exact) mass is 333 g/mol. The van der Waals surface area contributed by atoms with Gasteiger partial charge in [-0.1, -0.05) is 34.1 Å². The Morgan fingerprint density at radius 1 is 1.05 bits per heavy atom. The summed E-state index contributed by atoms with van der Waals surface area (Å²) in [5.74, 6) is -0.882. The van der Waals surface area contributed by atoms with E-state index in [1.54, 1.807) is 42.5 Å². The first-order valence-corrected chi connectivity index (χ1v) is 6.67. The number of halogens is 1. The highest BCUT2D eigenvalue weighted by Crippen LogP contribution is 2.13. The van der Waals surface area contributed by atoms with E-state index in [0.29, 0.717) is 11.1 Å². The van der Waals surface area contributed by atoms with E-state index in [-0.39, 0.29) is 6.61 Å². The number of carbonyl (C=O) groups is 2. The summed E-state index contributed by atoms with van der Waals surface area (Å²) < 4.78 is 6.01. The van der Waals surface area contributed by atoms with Crippen molar-refractivity contribution in [2.45, 2.75) is 6.61 Å². The number of benzene rings is 2. The second-order valence-electron chi connectivity index (χ2n) is 4.15. The van der Waals surface area contributed by atoms with Crippen molar-refractivity contribution < 1.29 is 14.3 Å². The van der Waals surface area contributed by atoms with Crippen LogP contribution in [0, 0.1) is 0 Å². The molecule has 0 spiro atoms. The van der Waals surface area contributed by atoms with E-state index >= 15 is 0 Å². The van der Waals surface area contributed by atoms with Gasteiger partial charge in [0, 0.05) is 10.0 Å². The molecule has 0 saturated heterocycles.